The van der Waals surface area contributed by atoms with Crippen LogP contribution in [-0.2, 0) is 9.59 Å². The highest BCUT2D eigenvalue weighted by Crippen LogP contribution is 2.24. The molecule has 1 fully saturated rings. The number of para-hydroxylation sites is 1. The van der Waals surface area contributed by atoms with Crippen molar-refractivity contribution in [2.45, 2.75) is 33.7 Å². The first-order chi connectivity index (χ1) is 12.2. The van der Waals surface area contributed by atoms with Crippen molar-refractivity contribution in [3.8, 4) is 5.75 Å². The summed E-state index contributed by atoms with van der Waals surface area (Å²) in [6, 6.07) is 7.58. The van der Waals surface area contributed by atoms with Crippen molar-refractivity contribution in [3.63, 3.8) is 0 Å². The number of hydrogen-bond acceptors (Lipinski definition) is 4. The van der Waals surface area contributed by atoms with Gasteiger partial charge in [0.2, 0.25) is 11.8 Å². The Morgan fingerprint density at radius 3 is 2.35 bits per heavy atom. The predicted molar refractivity (Wildman–Crippen MR) is 102 cm³/mol. The molecule has 0 saturated carbocycles. The fourth-order valence-electron chi connectivity index (χ4n) is 3.18. The number of nitrogens with zero attached hydrogens (tertiary/aromatic N) is 2. The standard InChI is InChI=1S/C20H31N3O3/c1-15(16-8-6-7-9-17(16)26-5)21-18(24)14-22-10-12-23(13-11-22)19(25)20(2,3)4/h6-9,15H,10-14H2,1-5H3,(H,21,24). The minimum absolute atomic E-state index is 0.0148. The first kappa shape index (κ1) is 20.2. The third kappa shape index (κ3) is 5.21. The molecule has 1 heterocycles. The second-order valence-corrected chi connectivity index (χ2v) is 7.85. The van der Waals surface area contributed by atoms with Gasteiger partial charge in [-0.2, -0.15) is 0 Å². The largest absolute Gasteiger partial charge is 0.496 e. The van der Waals surface area contributed by atoms with Gasteiger partial charge in [-0.3, -0.25) is 14.5 Å². The molecule has 1 N–H and O–H groups in total. The summed E-state index contributed by atoms with van der Waals surface area (Å²) < 4.78 is 5.36. The van der Waals surface area contributed by atoms with Gasteiger partial charge in [-0.1, -0.05) is 39.0 Å². The highest BCUT2D eigenvalue weighted by molar-refractivity contribution is 5.82. The van der Waals surface area contributed by atoms with Crippen molar-refractivity contribution in [2.75, 3.05) is 39.8 Å². The van der Waals surface area contributed by atoms with E-state index < -0.39 is 0 Å². The Labute approximate surface area is 156 Å². The Morgan fingerprint density at radius 2 is 1.77 bits per heavy atom. The molecule has 0 radical (unpaired) electrons. The van der Waals surface area contributed by atoms with E-state index in [1.807, 2.05) is 56.9 Å². The summed E-state index contributed by atoms with van der Waals surface area (Å²) in [5.74, 6) is 0.931. The molecule has 0 bridgehead atoms. The molecule has 6 nitrogen and oxygen atoms in total. The van der Waals surface area contributed by atoms with E-state index in [0.29, 0.717) is 19.6 Å². The molecule has 144 valence electrons. The normalized spacial score (nSPS) is 16.9. The fourth-order valence-corrected chi connectivity index (χ4v) is 3.18. The molecule has 1 atom stereocenters. The van der Waals surface area contributed by atoms with Crippen LogP contribution in [0.15, 0.2) is 24.3 Å². The zero-order valence-electron chi connectivity index (χ0n) is 16.5. The number of methoxy groups -OCH3 is 1. The van der Waals surface area contributed by atoms with Crippen molar-refractivity contribution >= 4 is 11.8 Å². The number of piperazine rings is 1. The van der Waals surface area contributed by atoms with Gasteiger partial charge in [0.15, 0.2) is 0 Å². The number of hydrogen-bond donors (Lipinski definition) is 1. The van der Waals surface area contributed by atoms with Gasteiger partial charge < -0.3 is 15.0 Å². The van der Waals surface area contributed by atoms with Crippen molar-refractivity contribution in [1.29, 1.82) is 0 Å². The van der Waals surface area contributed by atoms with Gasteiger partial charge in [-0.15, -0.1) is 0 Å². The average molecular weight is 361 g/mol. The zero-order chi connectivity index (χ0) is 19.3. The van der Waals surface area contributed by atoms with Crippen LogP contribution in [0.4, 0.5) is 0 Å². The van der Waals surface area contributed by atoms with Crippen LogP contribution in [0.2, 0.25) is 0 Å². The first-order valence-corrected chi connectivity index (χ1v) is 9.16. The van der Waals surface area contributed by atoms with Gasteiger partial charge in [0.05, 0.1) is 19.7 Å². The van der Waals surface area contributed by atoms with E-state index in [0.717, 1.165) is 24.4 Å². The van der Waals surface area contributed by atoms with Crippen molar-refractivity contribution in [2.24, 2.45) is 5.41 Å². The van der Waals surface area contributed by atoms with Gasteiger partial charge in [0.25, 0.3) is 0 Å². The lowest BCUT2D eigenvalue weighted by Gasteiger charge is -2.37. The maximum atomic E-state index is 12.4. The number of benzene rings is 1. The predicted octanol–water partition coefficient (Wildman–Crippen LogP) is 2.06. The Kier molecular flexibility index (Phi) is 6.64. The lowest BCUT2D eigenvalue weighted by molar-refractivity contribution is -0.141. The summed E-state index contributed by atoms with van der Waals surface area (Å²) in [6.45, 7) is 10.9. The summed E-state index contributed by atoms with van der Waals surface area (Å²) in [5, 5.41) is 3.04. The minimum atomic E-state index is -0.357. The van der Waals surface area contributed by atoms with Gasteiger partial charge in [0, 0.05) is 37.2 Å². The number of carbonyl (C=O) groups excluding carboxylic acids is 2. The molecule has 1 saturated heterocycles. The molecule has 2 rings (SSSR count). The van der Waals surface area contributed by atoms with E-state index in [9.17, 15) is 9.59 Å². The van der Waals surface area contributed by atoms with Crippen LogP contribution < -0.4 is 10.1 Å². The Morgan fingerprint density at radius 1 is 1.15 bits per heavy atom. The first-order valence-electron chi connectivity index (χ1n) is 9.16. The number of carbonyl (C=O) groups is 2. The van der Waals surface area contributed by atoms with Crippen LogP contribution >= 0.6 is 0 Å². The molecule has 1 aromatic carbocycles. The van der Waals surface area contributed by atoms with Gasteiger partial charge in [-0.05, 0) is 13.0 Å². The average Bonchev–Trinajstić information content (AvgIpc) is 2.60. The molecule has 0 aliphatic carbocycles. The molecule has 2 amide bonds. The molecular weight excluding hydrogens is 330 g/mol. The van der Waals surface area contributed by atoms with E-state index in [2.05, 4.69) is 10.2 Å². The quantitative estimate of drug-likeness (QED) is 0.872. The Hall–Kier alpha value is -2.08. The monoisotopic (exact) mass is 361 g/mol. The molecule has 1 aromatic rings. The third-order valence-electron chi connectivity index (χ3n) is 4.65. The lowest BCUT2D eigenvalue weighted by Crippen LogP contribution is -2.53. The van der Waals surface area contributed by atoms with Crippen molar-refractivity contribution < 1.29 is 14.3 Å². The summed E-state index contributed by atoms with van der Waals surface area (Å²) in [6.07, 6.45) is 0. The molecule has 1 aliphatic rings. The van der Waals surface area contributed by atoms with Crippen LogP contribution in [-0.4, -0.2) is 61.4 Å². The molecular formula is C20H31N3O3. The molecule has 6 heteroatoms. The lowest BCUT2D eigenvalue weighted by atomic mass is 9.94. The molecule has 26 heavy (non-hydrogen) atoms. The SMILES string of the molecule is COc1ccccc1C(C)NC(=O)CN1CCN(C(=O)C(C)(C)C)CC1. The third-order valence-corrected chi connectivity index (χ3v) is 4.65. The number of rotatable bonds is 5. The van der Waals surface area contributed by atoms with Crippen LogP contribution in [0.25, 0.3) is 0 Å². The maximum Gasteiger partial charge on any atom is 0.234 e. The van der Waals surface area contributed by atoms with Crippen LogP contribution in [0.5, 0.6) is 5.75 Å². The molecule has 0 spiro atoms. The summed E-state index contributed by atoms with van der Waals surface area (Å²) in [5.41, 5.74) is 0.605. The van der Waals surface area contributed by atoms with E-state index >= 15 is 0 Å². The highest BCUT2D eigenvalue weighted by Gasteiger charge is 2.30. The van der Waals surface area contributed by atoms with Gasteiger partial charge >= 0.3 is 0 Å². The van der Waals surface area contributed by atoms with E-state index in [1.54, 1.807) is 7.11 Å². The number of nitrogens with one attached hydrogen (secondary N) is 1. The van der Waals surface area contributed by atoms with Crippen LogP contribution in [0.1, 0.15) is 39.3 Å². The molecule has 1 aliphatic heterocycles. The van der Waals surface area contributed by atoms with Gasteiger partial charge in [0.1, 0.15) is 5.75 Å². The van der Waals surface area contributed by atoms with Gasteiger partial charge in [-0.25, -0.2) is 0 Å². The van der Waals surface area contributed by atoms with E-state index in [-0.39, 0.29) is 23.3 Å². The highest BCUT2D eigenvalue weighted by atomic mass is 16.5. The fraction of sp³-hybridized carbons (Fsp3) is 0.600. The molecule has 0 aromatic heterocycles. The van der Waals surface area contributed by atoms with Crippen molar-refractivity contribution in [1.82, 2.24) is 15.1 Å². The van der Waals surface area contributed by atoms with Crippen molar-refractivity contribution in [3.05, 3.63) is 29.8 Å². The van der Waals surface area contributed by atoms with E-state index in [4.69, 9.17) is 4.74 Å². The smallest absolute Gasteiger partial charge is 0.234 e. The Bertz CT molecular complexity index is 631. The number of ether oxygens (including phenoxy) is 1. The van der Waals surface area contributed by atoms with Crippen LogP contribution in [0, 0.1) is 5.41 Å². The maximum absolute atomic E-state index is 12.4. The molecule has 1 unspecified atom stereocenters. The second kappa shape index (κ2) is 8.54. The Balaban J connectivity index is 1.83. The summed E-state index contributed by atoms with van der Waals surface area (Å²) >= 11 is 0. The summed E-state index contributed by atoms with van der Waals surface area (Å²) in [4.78, 5) is 28.7. The minimum Gasteiger partial charge on any atom is -0.496 e. The zero-order valence-corrected chi connectivity index (χ0v) is 16.5. The number of amides is 2. The summed E-state index contributed by atoms with van der Waals surface area (Å²) in [7, 11) is 1.63. The van der Waals surface area contributed by atoms with E-state index in [1.165, 1.54) is 0 Å². The second-order valence-electron chi connectivity index (χ2n) is 7.85. The van der Waals surface area contributed by atoms with Crippen LogP contribution in [0.3, 0.4) is 0 Å². The topological polar surface area (TPSA) is 61.9 Å².